The summed E-state index contributed by atoms with van der Waals surface area (Å²) in [5.74, 6) is 0. The molecule has 17 heavy (non-hydrogen) atoms. The lowest BCUT2D eigenvalue weighted by atomic mass is 10.1. The lowest BCUT2D eigenvalue weighted by Crippen LogP contribution is -2.22. The highest BCUT2D eigenvalue weighted by molar-refractivity contribution is 6.31. The Morgan fingerprint density at radius 1 is 1.65 bits per heavy atom. The maximum Gasteiger partial charge on any atom is 0.121 e. The molecule has 0 amide bonds. The normalized spacial score (nSPS) is 11.4. The second-order valence-electron chi connectivity index (χ2n) is 3.48. The first kappa shape index (κ1) is 13.3. The molecule has 1 N–H and O–H groups in total. The van der Waals surface area contributed by atoms with E-state index in [1.807, 2.05) is 19.1 Å². The highest BCUT2D eigenvalue weighted by atomic mass is 35.5. The van der Waals surface area contributed by atoms with Gasteiger partial charge in [-0.15, -0.1) is 0 Å². The third-order valence-electron chi connectivity index (χ3n) is 2.28. The van der Waals surface area contributed by atoms with Gasteiger partial charge in [-0.25, -0.2) is 0 Å². The molecular weight excluding hydrogens is 238 g/mol. The van der Waals surface area contributed by atoms with Crippen LogP contribution in [0.1, 0.15) is 17.2 Å². The number of aryl methyl sites for hydroxylation is 1. The van der Waals surface area contributed by atoms with Crippen LogP contribution >= 0.6 is 11.6 Å². The number of benzene rings is 1. The molecule has 0 saturated heterocycles. The number of hydrogen-bond donors (Lipinski definition) is 1. The van der Waals surface area contributed by atoms with Gasteiger partial charge < -0.3 is 0 Å². The summed E-state index contributed by atoms with van der Waals surface area (Å²) in [5, 5.41) is 16.0. The van der Waals surface area contributed by atoms with Crippen molar-refractivity contribution >= 4 is 11.6 Å². The molecule has 1 unspecified atom stereocenters. The Morgan fingerprint density at radius 2 is 2.41 bits per heavy atom. The van der Waals surface area contributed by atoms with E-state index in [2.05, 4.69) is 21.4 Å². The van der Waals surface area contributed by atoms with E-state index in [4.69, 9.17) is 22.4 Å². The molecule has 0 spiro atoms. The number of hydrogen-bond acceptors (Lipinski definition) is 3. The monoisotopic (exact) mass is 249 g/mol. The van der Waals surface area contributed by atoms with Gasteiger partial charge in [0, 0.05) is 23.0 Å². The first-order valence-corrected chi connectivity index (χ1v) is 5.46. The summed E-state index contributed by atoms with van der Waals surface area (Å²) in [4.78, 5) is 2.64. The molecule has 0 radical (unpaired) electrons. The third-order valence-corrected chi connectivity index (χ3v) is 2.69. The van der Waals surface area contributed by atoms with Crippen LogP contribution in [0.25, 0.3) is 10.4 Å². The minimum Gasteiger partial charge on any atom is -0.298 e. The smallest absolute Gasteiger partial charge is 0.121 e. The van der Waals surface area contributed by atoms with Crippen molar-refractivity contribution in [1.82, 2.24) is 5.32 Å². The minimum absolute atomic E-state index is 0.314. The Bertz CT molecular complexity index is 473. The van der Waals surface area contributed by atoms with Crippen LogP contribution in [0, 0.1) is 18.3 Å². The van der Waals surface area contributed by atoms with Crippen LogP contribution in [0.4, 0.5) is 0 Å². The summed E-state index contributed by atoms with van der Waals surface area (Å²) in [5.41, 5.74) is 9.90. The van der Waals surface area contributed by atoms with E-state index < -0.39 is 6.04 Å². The molecule has 0 aliphatic heterocycles. The molecule has 6 heteroatoms. The number of halogens is 1. The van der Waals surface area contributed by atoms with Gasteiger partial charge in [0.25, 0.3) is 0 Å². The molecule has 1 aromatic rings. The van der Waals surface area contributed by atoms with Gasteiger partial charge in [-0.05, 0) is 29.6 Å². The number of nitrogens with one attached hydrogen (secondary N) is 1. The molecular formula is C11H12ClN5. The van der Waals surface area contributed by atoms with E-state index in [-0.39, 0.29) is 0 Å². The lowest BCUT2D eigenvalue weighted by molar-refractivity contribution is 0.635. The van der Waals surface area contributed by atoms with Crippen molar-refractivity contribution < 1.29 is 0 Å². The van der Waals surface area contributed by atoms with Gasteiger partial charge in [0.05, 0.1) is 6.07 Å². The van der Waals surface area contributed by atoms with E-state index in [0.717, 1.165) is 11.1 Å². The third kappa shape index (κ3) is 3.97. The standard InChI is InChI=1S/C11H12ClN5/c1-8-2-3-9(6-10(8)12)11(7-13)15-4-5-16-17-14/h2-3,6,11,15H,4-5H2,1H3. The fraction of sp³-hybridized carbons (Fsp3) is 0.364. The summed E-state index contributed by atoms with van der Waals surface area (Å²) in [7, 11) is 0. The summed E-state index contributed by atoms with van der Waals surface area (Å²) in [6.45, 7) is 2.67. The highest BCUT2D eigenvalue weighted by Gasteiger charge is 2.10. The van der Waals surface area contributed by atoms with Gasteiger partial charge in [-0.1, -0.05) is 28.8 Å². The fourth-order valence-electron chi connectivity index (χ4n) is 1.33. The van der Waals surface area contributed by atoms with E-state index in [9.17, 15) is 0 Å². The van der Waals surface area contributed by atoms with Crippen LogP contribution in [0.2, 0.25) is 5.02 Å². The van der Waals surface area contributed by atoms with Crippen molar-refractivity contribution in [2.45, 2.75) is 13.0 Å². The van der Waals surface area contributed by atoms with Crippen molar-refractivity contribution in [3.8, 4) is 6.07 Å². The van der Waals surface area contributed by atoms with Crippen LogP contribution < -0.4 is 5.32 Å². The topological polar surface area (TPSA) is 84.6 Å². The van der Waals surface area contributed by atoms with Crippen molar-refractivity contribution in [2.75, 3.05) is 13.1 Å². The minimum atomic E-state index is -0.443. The maximum atomic E-state index is 9.04. The second kappa shape index (κ2) is 6.77. The average Bonchev–Trinajstić information content (AvgIpc) is 2.33. The van der Waals surface area contributed by atoms with Crippen LogP contribution in [0.15, 0.2) is 23.3 Å². The molecule has 0 heterocycles. The SMILES string of the molecule is Cc1ccc(C(C#N)NCCN=[N+]=[N-])cc1Cl. The van der Waals surface area contributed by atoms with Crippen molar-refractivity contribution in [3.63, 3.8) is 0 Å². The van der Waals surface area contributed by atoms with Gasteiger partial charge in [0.1, 0.15) is 6.04 Å². The number of rotatable bonds is 5. The molecule has 0 aromatic heterocycles. The van der Waals surface area contributed by atoms with Crippen LogP contribution in [0.3, 0.4) is 0 Å². The van der Waals surface area contributed by atoms with Gasteiger partial charge >= 0.3 is 0 Å². The Kier molecular flexibility index (Phi) is 5.31. The summed E-state index contributed by atoms with van der Waals surface area (Å²) < 4.78 is 0. The predicted molar refractivity (Wildman–Crippen MR) is 66.6 cm³/mol. The first-order chi connectivity index (χ1) is 8.19. The predicted octanol–water partition coefficient (Wildman–Crippen LogP) is 3.11. The number of nitrogens with zero attached hydrogens (tertiary/aromatic N) is 4. The molecule has 5 nitrogen and oxygen atoms in total. The fourth-order valence-corrected chi connectivity index (χ4v) is 1.52. The van der Waals surface area contributed by atoms with Crippen molar-refractivity contribution in [3.05, 3.63) is 44.8 Å². The molecule has 88 valence electrons. The average molecular weight is 250 g/mol. The van der Waals surface area contributed by atoms with E-state index in [1.54, 1.807) is 6.07 Å². The first-order valence-electron chi connectivity index (χ1n) is 5.09. The molecule has 1 aromatic carbocycles. The molecule has 1 atom stereocenters. The summed E-state index contributed by atoms with van der Waals surface area (Å²) >= 11 is 5.99. The van der Waals surface area contributed by atoms with Gasteiger partial charge in [-0.2, -0.15) is 5.26 Å². The van der Waals surface area contributed by atoms with Gasteiger partial charge in [-0.3, -0.25) is 5.32 Å². The summed E-state index contributed by atoms with van der Waals surface area (Å²) in [6, 6.07) is 7.19. The Hall–Kier alpha value is -1.73. The lowest BCUT2D eigenvalue weighted by Gasteiger charge is -2.11. The van der Waals surface area contributed by atoms with Crippen LogP contribution in [-0.2, 0) is 0 Å². The number of nitriles is 1. The molecule has 0 fully saturated rings. The van der Waals surface area contributed by atoms with Crippen molar-refractivity contribution in [2.24, 2.45) is 5.11 Å². The quantitative estimate of drug-likeness (QED) is 0.376. The zero-order valence-corrected chi connectivity index (χ0v) is 10.1. The highest BCUT2D eigenvalue weighted by Crippen LogP contribution is 2.20. The van der Waals surface area contributed by atoms with E-state index >= 15 is 0 Å². The Balaban J connectivity index is 2.70. The largest absolute Gasteiger partial charge is 0.298 e. The van der Waals surface area contributed by atoms with E-state index in [0.29, 0.717) is 18.1 Å². The maximum absolute atomic E-state index is 9.04. The Morgan fingerprint density at radius 3 is 3.00 bits per heavy atom. The number of azide groups is 1. The van der Waals surface area contributed by atoms with Crippen LogP contribution in [-0.4, -0.2) is 13.1 Å². The molecule has 1 rings (SSSR count). The molecule has 0 bridgehead atoms. The molecule has 0 aliphatic rings. The van der Waals surface area contributed by atoms with Crippen molar-refractivity contribution in [1.29, 1.82) is 5.26 Å². The second-order valence-corrected chi connectivity index (χ2v) is 3.89. The van der Waals surface area contributed by atoms with Crippen LogP contribution in [0.5, 0.6) is 0 Å². The Labute approximate surface area is 105 Å². The summed E-state index contributed by atoms with van der Waals surface area (Å²) in [6.07, 6.45) is 0. The zero-order chi connectivity index (χ0) is 12.7. The zero-order valence-electron chi connectivity index (χ0n) is 9.39. The van der Waals surface area contributed by atoms with E-state index in [1.165, 1.54) is 0 Å². The van der Waals surface area contributed by atoms with Gasteiger partial charge in [0.2, 0.25) is 0 Å². The molecule has 0 aliphatic carbocycles. The molecule has 0 saturated carbocycles. The van der Waals surface area contributed by atoms with Gasteiger partial charge in [0.15, 0.2) is 0 Å².